The highest BCUT2D eigenvalue weighted by atomic mass is 35.5. The van der Waals surface area contributed by atoms with E-state index in [0.29, 0.717) is 33.8 Å². The summed E-state index contributed by atoms with van der Waals surface area (Å²) in [5, 5.41) is 9.91. The van der Waals surface area contributed by atoms with Crippen LogP contribution in [0.15, 0.2) is 24.3 Å². The largest absolute Gasteiger partial charge is 0.485 e. The van der Waals surface area contributed by atoms with E-state index in [2.05, 4.69) is 11.8 Å². The van der Waals surface area contributed by atoms with Gasteiger partial charge in [0.25, 0.3) is 0 Å². The van der Waals surface area contributed by atoms with Crippen molar-refractivity contribution in [3.8, 4) is 17.6 Å². The Morgan fingerprint density at radius 1 is 1.14 bits per heavy atom. The van der Waals surface area contributed by atoms with Gasteiger partial charge in [-0.2, -0.15) is 0 Å². The molecule has 0 unspecified atom stereocenters. The Kier molecular flexibility index (Phi) is 6.22. The van der Waals surface area contributed by atoms with Gasteiger partial charge in [-0.3, -0.25) is 0 Å². The maximum Gasteiger partial charge on any atom is 0.157 e. The fourth-order valence-electron chi connectivity index (χ4n) is 1.54. The molecule has 0 amide bonds. The van der Waals surface area contributed by atoms with Crippen molar-refractivity contribution in [2.45, 2.75) is 13.0 Å². The van der Waals surface area contributed by atoms with Gasteiger partial charge in [0.2, 0.25) is 0 Å². The zero-order valence-electron chi connectivity index (χ0n) is 10.8. The van der Waals surface area contributed by atoms with Crippen LogP contribution in [0.4, 0.5) is 0 Å². The van der Waals surface area contributed by atoms with Crippen LogP contribution in [0, 0.1) is 11.8 Å². The van der Waals surface area contributed by atoms with Gasteiger partial charge < -0.3 is 9.84 Å². The molecule has 1 aromatic heterocycles. The maximum atomic E-state index is 8.68. The molecule has 2 aromatic rings. The van der Waals surface area contributed by atoms with Crippen LogP contribution < -0.4 is 4.74 Å². The Bertz CT molecular complexity index is 663. The topological polar surface area (TPSA) is 29.5 Å². The van der Waals surface area contributed by atoms with Crippen molar-refractivity contribution in [1.82, 2.24) is 0 Å². The SMILES string of the molecule is OCCC#Cc1ccc(COc2c(Cl)cc(Cl)cc2Cl)s1. The van der Waals surface area contributed by atoms with E-state index in [1.165, 1.54) is 11.3 Å². The molecule has 21 heavy (non-hydrogen) atoms. The van der Waals surface area contributed by atoms with E-state index in [9.17, 15) is 0 Å². The third-order valence-corrected chi connectivity index (χ3v) is 4.19. The van der Waals surface area contributed by atoms with Crippen molar-refractivity contribution < 1.29 is 9.84 Å². The Labute approximate surface area is 142 Å². The van der Waals surface area contributed by atoms with Gasteiger partial charge in [0.1, 0.15) is 6.61 Å². The first-order chi connectivity index (χ1) is 10.1. The molecule has 0 atom stereocenters. The van der Waals surface area contributed by atoms with Gasteiger partial charge in [-0.05, 0) is 24.3 Å². The number of halogens is 3. The highest BCUT2D eigenvalue weighted by Crippen LogP contribution is 2.36. The minimum absolute atomic E-state index is 0.0713. The first-order valence-corrected chi connectivity index (χ1v) is 8.01. The molecule has 2 nitrogen and oxygen atoms in total. The van der Waals surface area contributed by atoms with Gasteiger partial charge in [0.15, 0.2) is 5.75 Å². The second-order valence-corrected chi connectivity index (χ2v) is 6.45. The van der Waals surface area contributed by atoms with E-state index in [0.717, 1.165) is 9.75 Å². The van der Waals surface area contributed by atoms with Gasteiger partial charge in [0.05, 0.1) is 21.5 Å². The molecule has 1 aromatic carbocycles. The molecule has 1 N–H and O–H groups in total. The number of thiophene rings is 1. The van der Waals surface area contributed by atoms with Crippen molar-refractivity contribution in [2.75, 3.05) is 6.61 Å². The summed E-state index contributed by atoms with van der Waals surface area (Å²) in [5.74, 6) is 6.27. The van der Waals surface area contributed by atoms with E-state index in [-0.39, 0.29) is 6.61 Å². The van der Waals surface area contributed by atoms with Crippen molar-refractivity contribution in [1.29, 1.82) is 0 Å². The minimum atomic E-state index is 0.0713. The summed E-state index contributed by atoms with van der Waals surface area (Å²) >= 11 is 19.5. The number of rotatable bonds is 4. The number of aliphatic hydroxyl groups is 1. The molecule has 0 aliphatic rings. The number of aliphatic hydroxyl groups excluding tert-OH is 1. The molecule has 0 spiro atoms. The summed E-state index contributed by atoms with van der Waals surface area (Å²) in [4.78, 5) is 1.93. The summed E-state index contributed by atoms with van der Waals surface area (Å²) < 4.78 is 5.65. The lowest BCUT2D eigenvalue weighted by Gasteiger charge is -2.09. The summed E-state index contributed by atoms with van der Waals surface area (Å²) in [5.41, 5.74) is 0. The molecule has 0 bridgehead atoms. The van der Waals surface area contributed by atoms with Crippen LogP contribution in [-0.2, 0) is 6.61 Å². The number of hydrogen-bond acceptors (Lipinski definition) is 3. The van der Waals surface area contributed by atoms with E-state index >= 15 is 0 Å². The molecule has 0 saturated carbocycles. The first kappa shape index (κ1) is 16.5. The zero-order valence-corrected chi connectivity index (χ0v) is 13.9. The standard InChI is InChI=1S/C15H11Cl3O2S/c16-10-7-13(17)15(14(18)8-10)20-9-12-5-4-11(21-12)3-1-2-6-19/h4-5,7-8,19H,2,6,9H2. The Hall–Kier alpha value is -0.890. The van der Waals surface area contributed by atoms with Crippen LogP contribution in [0.2, 0.25) is 15.1 Å². The number of ether oxygens (including phenoxy) is 1. The Morgan fingerprint density at radius 3 is 2.52 bits per heavy atom. The van der Waals surface area contributed by atoms with Gasteiger partial charge in [-0.15, -0.1) is 11.3 Å². The number of benzene rings is 1. The Balaban J connectivity index is 2.03. The Morgan fingerprint density at radius 2 is 1.86 bits per heavy atom. The molecular formula is C15H11Cl3O2S. The van der Waals surface area contributed by atoms with E-state index in [1.807, 2.05) is 12.1 Å². The summed E-state index contributed by atoms with van der Waals surface area (Å²) in [7, 11) is 0. The van der Waals surface area contributed by atoms with Crippen molar-refractivity contribution in [3.05, 3.63) is 49.1 Å². The van der Waals surface area contributed by atoms with E-state index < -0.39 is 0 Å². The van der Waals surface area contributed by atoms with Crippen LogP contribution in [0.5, 0.6) is 5.75 Å². The molecular weight excluding hydrogens is 351 g/mol. The predicted molar refractivity (Wildman–Crippen MR) is 88.7 cm³/mol. The second-order valence-electron chi connectivity index (χ2n) is 4.03. The maximum absolute atomic E-state index is 8.68. The fraction of sp³-hybridized carbons (Fsp3) is 0.200. The summed E-state index contributed by atoms with van der Waals surface area (Å²) in [6.45, 7) is 0.426. The molecule has 1 heterocycles. The molecule has 0 aliphatic heterocycles. The summed E-state index contributed by atoms with van der Waals surface area (Å²) in [6.07, 6.45) is 0.472. The average Bonchev–Trinajstić information content (AvgIpc) is 2.86. The smallest absolute Gasteiger partial charge is 0.157 e. The number of hydrogen-bond donors (Lipinski definition) is 1. The quantitative estimate of drug-likeness (QED) is 0.775. The van der Waals surface area contributed by atoms with Crippen LogP contribution in [-0.4, -0.2) is 11.7 Å². The fourth-order valence-corrected chi connectivity index (χ4v) is 3.26. The molecule has 0 aliphatic carbocycles. The first-order valence-electron chi connectivity index (χ1n) is 6.06. The van der Waals surface area contributed by atoms with Gasteiger partial charge in [0, 0.05) is 16.3 Å². The third-order valence-electron chi connectivity index (χ3n) is 2.43. The molecule has 110 valence electrons. The minimum Gasteiger partial charge on any atom is -0.485 e. The molecule has 6 heteroatoms. The monoisotopic (exact) mass is 360 g/mol. The van der Waals surface area contributed by atoms with Gasteiger partial charge in [-0.1, -0.05) is 46.6 Å². The average molecular weight is 362 g/mol. The van der Waals surface area contributed by atoms with Gasteiger partial charge in [-0.25, -0.2) is 0 Å². The lowest BCUT2D eigenvalue weighted by Crippen LogP contribution is -1.94. The van der Waals surface area contributed by atoms with Crippen LogP contribution in [0.1, 0.15) is 16.2 Å². The predicted octanol–water partition coefficient (Wildman–Crippen LogP) is 5.02. The summed E-state index contributed by atoms with van der Waals surface area (Å²) in [6, 6.07) is 7.03. The normalized spacial score (nSPS) is 10.1. The zero-order chi connectivity index (χ0) is 15.2. The molecule has 0 fully saturated rings. The molecule has 0 saturated heterocycles. The van der Waals surface area contributed by atoms with Crippen molar-refractivity contribution in [3.63, 3.8) is 0 Å². The van der Waals surface area contributed by atoms with Crippen molar-refractivity contribution >= 4 is 46.1 Å². The van der Waals surface area contributed by atoms with E-state index in [4.69, 9.17) is 44.6 Å². The molecule has 0 radical (unpaired) electrons. The van der Waals surface area contributed by atoms with Crippen molar-refractivity contribution in [2.24, 2.45) is 0 Å². The highest BCUT2D eigenvalue weighted by Gasteiger charge is 2.10. The lowest BCUT2D eigenvalue weighted by molar-refractivity contribution is 0.305. The molecule has 2 rings (SSSR count). The van der Waals surface area contributed by atoms with Crippen LogP contribution in [0.3, 0.4) is 0 Å². The third kappa shape index (κ3) is 4.81. The highest BCUT2D eigenvalue weighted by molar-refractivity contribution is 7.12. The second kappa shape index (κ2) is 7.93. The van der Waals surface area contributed by atoms with Gasteiger partial charge >= 0.3 is 0 Å². The lowest BCUT2D eigenvalue weighted by atomic mass is 10.3. The van der Waals surface area contributed by atoms with Crippen LogP contribution in [0.25, 0.3) is 0 Å². The van der Waals surface area contributed by atoms with E-state index in [1.54, 1.807) is 12.1 Å². The van der Waals surface area contributed by atoms with Crippen LogP contribution >= 0.6 is 46.1 Å².